The van der Waals surface area contributed by atoms with E-state index in [9.17, 15) is 10.0 Å². The fourth-order valence-corrected chi connectivity index (χ4v) is 4.17. The standard InChI is InChI=1S/C26H25N5O3/c1-17-7-3-4-8-20(17)23(14-24(29-34)19-11-12-27-18(2)13-19)21-9-5-6-10-22(21)25-15-31(30-28-25)16-26(32)33/h3-13,15,23,34H,14,16H2,1-2H3,(H,32,33)/b29-24-. The first kappa shape index (κ1) is 22.8. The van der Waals surface area contributed by atoms with E-state index in [1.807, 2.05) is 55.5 Å². The second kappa shape index (κ2) is 10.1. The van der Waals surface area contributed by atoms with E-state index in [0.29, 0.717) is 17.8 Å². The number of hydrogen-bond donors (Lipinski definition) is 2. The molecule has 0 saturated heterocycles. The largest absolute Gasteiger partial charge is 0.480 e. The van der Waals surface area contributed by atoms with E-state index in [-0.39, 0.29) is 12.5 Å². The molecule has 172 valence electrons. The molecule has 4 aromatic rings. The summed E-state index contributed by atoms with van der Waals surface area (Å²) in [4.78, 5) is 15.3. The Morgan fingerprint density at radius 2 is 1.79 bits per heavy atom. The number of aliphatic carboxylic acids is 1. The number of carboxylic acids is 1. The lowest BCUT2D eigenvalue weighted by molar-refractivity contribution is -0.137. The summed E-state index contributed by atoms with van der Waals surface area (Å²) in [7, 11) is 0. The van der Waals surface area contributed by atoms with Crippen molar-refractivity contribution in [2.45, 2.75) is 32.7 Å². The highest BCUT2D eigenvalue weighted by molar-refractivity contribution is 6.01. The third-order valence-corrected chi connectivity index (χ3v) is 5.76. The quantitative estimate of drug-likeness (QED) is 0.231. The van der Waals surface area contributed by atoms with Crippen molar-refractivity contribution < 1.29 is 15.1 Å². The van der Waals surface area contributed by atoms with Crippen molar-refractivity contribution >= 4 is 11.7 Å². The van der Waals surface area contributed by atoms with Crippen LogP contribution >= 0.6 is 0 Å². The van der Waals surface area contributed by atoms with Gasteiger partial charge in [-0.3, -0.25) is 9.78 Å². The van der Waals surface area contributed by atoms with Gasteiger partial charge in [-0.05, 0) is 42.7 Å². The number of benzene rings is 2. The molecule has 4 rings (SSSR count). The Kier molecular flexibility index (Phi) is 6.77. The molecule has 2 heterocycles. The number of aromatic nitrogens is 4. The average molecular weight is 456 g/mol. The van der Waals surface area contributed by atoms with Crippen molar-refractivity contribution in [3.8, 4) is 11.3 Å². The van der Waals surface area contributed by atoms with Crippen LogP contribution in [0.25, 0.3) is 11.3 Å². The molecule has 1 atom stereocenters. The summed E-state index contributed by atoms with van der Waals surface area (Å²) < 4.78 is 1.30. The van der Waals surface area contributed by atoms with Crippen LogP contribution in [-0.2, 0) is 11.3 Å². The number of carboxylic acid groups (broad SMARTS) is 1. The molecule has 0 fully saturated rings. The normalized spacial score (nSPS) is 12.5. The van der Waals surface area contributed by atoms with E-state index in [1.165, 1.54) is 4.68 Å². The highest BCUT2D eigenvalue weighted by Gasteiger charge is 2.24. The minimum Gasteiger partial charge on any atom is -0.480 e. The zero-order valence-corrected chi connectivity index (χ0v) is 19.0. The molecule has 2 aromatic carbocycles. The molecule has 1 unspecified atom stereocenters. The molecule has 0 spiro atoms. The Morgan fingerprint density at radius 1 is 1.06 bits per heavy atom. The van der Waals surface area contributed by atoms with Crippen molar-refractivity contribution in [1.82, 2.24) is 20.0 Å². The van der Waals surface area contributed by atoms with Gasteiger partial charge in [0.2, 0.25) is 0 Å². The van der Waals surface area contributed by atoms with Crippen LogP contribution in [0.4, 0.5) is 0 Å². The molecule has 0 amide bonds. The lowest BCUT2D eigenvalue weighted by Crippen LogP contribution is -2.13. The molecule has 0 aliphatic carbocycles. The molecular weight excluding hydrogens is 430 g/mol. The van der Waals surface area contributed by atoms with Gasteiger partial charge in [0, 0.05) is 35.4 Å². The molecule has 0 aliphatic rings. The maximum Gasteiger partial charge on any atom is 0.325 e. The number of carbonyl (C=O) groups is 1. The molecule has 8 heteroatoms. The third kappa shape index (κ3) is 5.01. The number of oxime groups is 1. The summed E-state index contributed by atoms with van der Waals surface area (Å²) in [6.45, 7) is 3.69. The fraction of sp³-hybridized carbons (Fsp3) is 0.192. The van der Waals surface area contributed by atoms with Crippen LogP contribution in [0.2, 0.25) is 0 Å². The predicted molar refractivity (Wildman–Crippen MR) is 128 cm³/mol. The molecular formula is C26H25N5O3. The minimum atomic E-state index is -0.987. The van der Waals surface area contributed by atoms with Crippen LogP contribution < -0.4 is 0 Å². The summed E-state index contributed by atoms with van der Waals surface area (Å²) >= 11 is 0. The van der Waals surface area contributed by atoms with Crippen molar-refractivity contribution in [3.63, 3.8) is 0 Å². The van der Waals surface area contributed by atoms with Gasteiger partial charge in [0.25, 0.3) is 0 Å². The molecule has 2 aromatic heterocycles. The van der Waals surface area contributed by atoms with Crippen LogP contribution in [0.3, 0.4) is 0 Å². The smallest absolute Gasteiger partial charge is 0.325 e. The van der Waals surface area contributed by atoms with Crippen LogP contribution in [-0.4, -0.2) is 42.0 Å². The Balaban J connectivity index is 1.82. The Labute approximate surface area is 197 Å². The monoisotopic (exact) mass is 455 g/mol. The van der Waals surface area contributed by atoms with Gasteiger partial charge in [-0.15, -0.1) is 5.10 Å². The molecule has 34 heavy (non-hydrogen) atoms. The first-order valence-corrected chi connectivity index (χ1v) is 10.9. The van der Waals surface area contributed by atoms with E-state index in [1.54, 1.807) is 12.4 Å². The van der Waals surface area contributed by atoms with Crippen LogP contribution in [0.1, 0.15) is 40.3 Å². The first-order chi connectivity index (χ1) is 16.5. The second-order valence-corrected chi connectivity index (χ2v) is 8.13. The van der Waals surface area contributed by atoms with E-state index in [4.69, 9.17) is 5.11 Å². The van der Waals surface area contributed by atoms with Gasteiger partial charge in [-0.25, -0.2) is 4.68 Å². The van der Waals surface area contributed by atoms with Crippen molar-refractivity contribution in [2.24, 2.45) is 5.16 Å². The Bertz CT molecular complexity index is 1350. The zero-order chi connectivity index (χ0) is 24.1. The first-order valence-electron chi connectivity index (χ1n) is 10.9. The molecule has 0 bridgehead atoms. The lowest BCUT2D eigenvalue weighted by atomic mass is 9.81. The summed E-state index contributed by atoms with van der Waals surface area (Å²) in [6.07, 6.45) is 3.77. The maximum atomic E-state index is 11.1. The second-order valence-electron chi connectivity index (χ2n) is 8.13. The van der Waals surface area contributed by atoms with Crippen molar-refractivity contribution in [3.05, 3.63) is 101 Å². The van der Waals surface area contributed by atoms with E-state index in [0.717, 1.165) is 33.5 Å². The summed E-state index contributed by atoms with van der Waals surface area (Å²) in [5, 5.41) is 30.9. The van der Waals surface area contributed by atoms with Crippen LogP contribution in [0, 0.1) is 13.8 Å². The number of aryl methyl sites for hydroxylation is 2. The Hall–Kier alpha value is -4.33. The van der Waals surface area contributed by atoms with Gasteiger partial charge < -0.3 is 10.3 Å². The van der Waals surface area contributed by atoms with Crippen LogP contribution in [0.15, 0.2) is 78.2 Å². The van der Waals surface area contributed by atoms with Crippen molar-refractivity contribution in [1.29, 1.82) is 0 Å². The Morgan fingerprint density at radius 3 is 2.50 bits per heavy atom. The van der Waals surface area contributed by atoms with Gasteiger partial charge in [0.05, 0.1) is 11.9 Å². The van der Waals surface area contributed by atoms with Gasteiger partial charge in [0.15, 0.2) is 0 Å². The highest BCUT2D eigenvalue weighted by Crippen LogP contribution is 2.37. The number of hydrogen-bond acceptors (Lipinski definition) is 6. The number of rotatable bonds is 8. The predicted octanol–water partition coefficient (Wildman–Crippen LogP) is 4.44. The topological polar surface area (TPSA) is 113 Å². The summed E-state index contributed by atoms with van der Waals surface area (Å²) in [5.41, 5.74) is 6.79. The van der Waals surface area contributed by atoms with Gasteiger partial charge in [-0.1, -0.05) is 58.9 Å². The van der Waals surface area contributed by atoms with Crippen LogP contribution in [0.5, 0.6) is 0 Å². The van der Waals surface area contributed by atoms with E-state index in [2.05, 4.69) is 39.5 Å². The third-order valence-electron chi connectivity index (χ3n) is 5.76. The van der Waals surface area contributed by atoms with Gasteiger partial charge >= 0.3 is 5.97 Å². The molecule has 0 saturated carbocycles. The van der Waals surface area contributed by atoms with E-state index >= 15 is 0 Å². The van der Waals surface area contributed by atoms with Gasteiger partial charge in [0.1, 0.15) is 12.2 Å². The highest BCUT2D eigenvalue weighted by atomic mass is 16.4. The fourth-order valence-electron chi connectivity index (χ4n) is 4.17. The average Bonchev–Trinajstić information content (AvgIpc) is 3.28. The van der Waals surface area contributed by atoms with Gasteiger partial charge in [-0.2, -0.15) is 0 Å². The maximum absolute atomic E-state index is 11.1. The van der Waals surface area contributed by atoms with E-state index < -0.39 is 5.97 Å². The SMILES string of the molecule is Cc1cc(/C(CC(c2ccccc2C)c2ccccc2-c2cn(CC(=O)O)nn2)=N\O)ccn1. The minimum absolute atomic E-state index is 0.151. The molecule has 0 radical (unpaired) electrons. The number of pyridine rings is 1. The summed E-state index contributed by atoms with van der Waals surface area (Å²) in [5.74, 6) is -1.14. The molecule has 0 aliphatic heterocycles. The molecule has 8 nitrogen and oxygen atoms in total. The van der Waals surface area contributed by atoms with Crippen molar-refractivity contribution in [2.75, 3.05) is 0 Å². The summed E-state index contributed by atoms with van der Waals surface area (Å²) in [6, 6.07) is 19.7. The number of nitrogens with zero attached hydrogens (tertiary/aromatic N) is 5. The lowest BCUT2D eigenvalue weighted by Gasteiger charge is -2.23. The molecule has 2 N–H and O–H groups in total. The zero-order valence-electron chi connectivity index (χ0n) is 19.0.